The van der Waals surface area contributed by atoms with E-state index < -0.39 is 11.9 Å². The molecule has 8 nitrogen and oxygen atoms in total. The van der Waals surface area contributed by atoms with E-state index in [4.69, 9.17) is 14.6 Å². The van der Waals surface area contributed by atoms with Gasteiger partial charge >= 0.3 is 5.97 Å². The summed E-state index contributed by atoms with van der Waals surface area (Å²) in [5.74, 6) is 0.611. The van der Waals surface area contributed by atoms with Crippen molar-refractivity contribution in [2.75, 3.05) is 20.3 Å². The van der Waals surface area contributed by atoms with Gasteiger partial charge in [0.15, 0.2) is 0 Å². The van der Waals surface area contributed by atoms with Crippen molar-refractivity contribution in [3.05, 3.63) is 24.3 Å². The fourth-order valence-corrected chi connectivity index (χ4v) is 13.0. The number of nitrogens with one attached hydrogen (secondary N) is 1. The molecule has 4 aliphatic carbocycles. The molecule has 0 radical (unpaired) electrons. The van der Waals surface area contributed by atoms with Crippen LogP contribution in [0.5, 0.6) is 0 Å². The summed E-state index contributed by atoms with van der Waals surface area (Å²) in [7, 11) is 2.10. The van der Waals surface area contributed by atoms with Crippen LogP contribution in [0.4, 0.5) is 0 Å². The first kappa shape index (κ1) is 38.0. The van der Waals surface area contributed by atoms with E-state index in [-0.39, 0.29) is 45.4 Å². The first-order valence-electron chi connectivity index (χ1n) is 20.4. The molecule has 50 heavy (non-hydrogen) atoms. The highest BCUT2D eigenvalue weighted by Crippen LogP contribution is 2.73. The molecular weight excluding hydrogens is 624 g/mol. The van der Waals surface area contributed by atoms with Crippen molar-refractivity contribution < 1.29 is 19.4 Å². The van der Waals surface area contributed by atoms with Gasteiger partial charge in [0.2, 0.25) is 0 Å². The number of aromatic nitrogens is 3. The number of carboxylic acids is 1. The van der Waals surface area contributed by atoms with Crippen LogP contribution in [0.25, 0.3) is 0 Å². The first-order chi connectivity index (χ1) is 23.7. The van der Waals surface area contributed by atoms with Crippen LogP contribution in [0.1, 0.15) is 145 Å². The van der Waals surface area contributed by atoms with Gasteiger partial charge in [-0.05, 0) is 118 Å². The number of nitrogens with zero attached hydrogens (tertiary/aromatic N) is 3. The zero-order valence-electron chi connectivity index (χ0n) is 33.0. The molecule has 3 saturated carbocycles. The Morgan fingerprint density at radius 2 is 1.82 bits per heavy atom. The summed E-state index contributed by atoms with van der Waals surface area (Å²) in [6, 6.07) is 0.0146. The Balaban J connectivity index is 1.41. The van der Waals surface area contributed by atoms with Gasteiger partial charge < -0.3 is 19.9 Å². The van der Waals surface area contributed by atoms with Gasteiger partial charge in [0, 0.05) is 17.6 Å². The highest BCUT2D eigenvalue weighted by Gasteiger charge is 2.69. The number of rotatable bonds is 12. The Morgan fingerprint density at radius 3 is 2.44 bits per heavy atom. The van der Waals surface area contributed by atoms with E-state index in [0.717, 1.165) is 70.8 Å². The molecule has 4 fully saturated rings. The first-order valence-corrected chi connectivity index (χ1v) is 20.4. The molecule has 0 aromatic carbocycles. The maximum Gasteiger partial charge on any atom is 0.307 e. The number of likely N-dealkylation sites (N-methyl/N-ethyl adjacent to an activating group) is 1. The summed E-state index contributed by atoms with van der Waals surface area (Å²) in [5, 5.41) is 19.6. The van der Waals surface area contributed by atoms with Gasteiger partial charge in [0.05, 0.1) is 30.8 Å². The van der Waals surface area contributed by atoms with Crippen molar-refractivity contribution in [3.8, 4) is 0 Å². The number of carboxylic acid groups (broad SMARTS) is 1. The van der Waals surface area contributed by atoms with Crippen LogP contribution < -0.4 is 5.32 Å². The van der Waals surface area contributed by atoms with E-state index in [1.807, 2.05) is 6.33 Å². The lowest BCUT2D eigenvalue weighted by Crippen LogP contribution is -2.65. The SMILES string of the molecule is CC[C@@H](OCC1(NC)CCCCC1)[C@@H](C[C@]12C3=CC[C@@]4(C)[C@H](C(=O)O)[C@@](C)([C@H](C)C(C)C)CC[C@]4(C)[C@H]3CC[C@H]1CCO[C@H]2C)n1cncn1. The van der Waals surface area contributed by atoms with E-state index in [0.29, 0.717) is 30.3 Å². The molecule has 1 aromatic rings. The molecule has 0 bridgehead atoms. The molecule has 1 saturated heterocycles. The standard InChI is InChI=1S/C42H70N4O4/c1-10-35(50-25-41(43-9)18-12-11-13-19-41)34(46-27-44-26-45-46)24-42-30(5)49-23-17-31(42)14-15-32-33(42)16-20-40(8)36(37(47)48)38(6,29(4)28(2)3)21-22-39(32,40)7/h16,26-32,34-36,43H,10-15,17-25H2,1-9H3,(H,47,48)/t29-,30+,31+,32+,34-,35-,36-,38-,39-,40+,42-/m1/s1. The Labute approximate surface area is 303 Å². The quantitative estimate of drug-likeness (QED) is 0.211. The lowest BCUT2D eigenvalue weighted by Gasteiger charge is -2.69. The molecule has 1 aliphatic heterocycles. The van der Waals surface area contributed by atoms with Crippen molar-refractivity contribution in [3.63, 3.8) is 0 Å². The van der Waals surface area contributed by atoms with Crippen LogP contribution in [-0.4, -0.2) is 63.8 Å². The molecular formula is C42H70N4O4. The van der Waals surface area contributed by atoms with Gasteiger partial charge in [0.25, 0.3) is 0 Å². The number of ether oxygens (including phenoxy) is 2. The highest BCUT2D eigenvalue weighted by molar-refractivity contribution is 5.73. The van der Waals surface area contributed by atoms with Gasteiger partial charge in [-0.3, -0.25) is 4.79 Å². The summed E-state index contributed by atoms with van der Waals surface area (Å²) in [6.07, 6.45) is 20.3. The molecule has 6 rings (SSSR count). The number of allylic oxidation sites excluding steroid dienone is 1. The van der Waals surface area contributed by atoms with E-state index in [2.05, 4.69) is 83.5 Å². The zero-order valence-corrected chi connectivity index (χ0v) is 33.0. The topological polar surface area (TPSA) is 98.5 Å². The van der Waals surface area contributed by atoms with E-state index in [1.165, 1.54) is 19.3 Å². The average molecular weight is 695 g/mol. The van der Waals surface area contributed by atoms with Crippen LogP contribution >= 0.6 is 0 Å². The largest absolute Gasteiger partial charge is 0.481 e. The smallest absolute Gasteiger partial charge is 0.307 e. The molecule has 0 amide bonds. The number of fused-ring (bicyclic) bond motifs is 5. The lowest BCUT2D eigenvalue weighted by molar-refractivity contribution is -0.201. The highest BCUT2D eigenvalue weighted by atomic mass is 16.5. The maximum atomic E-state index is 13.5. The van der Waals surface area contributed by atoms with Gasteiger partial charge in [-0.15, -0.1) is 0 Å². The van der Waals surface area contributed by atoms with Crippen molar-refractivity contribution in [1.29, 1.82) is 0 Å². The van der Waals surface area contributed by atoms with Gasteiger partial charge in [-0.1, -0.05) is 79.4 Å². The second-order valence-corrected chi connectivity index (χ2v) is 18.7. The molecule has 5 aliphatic rings. The molecule has 2 N–H and O–H groups in total. The van der Waals surface area contributed by atoms with E-state index in [9.17, 15) is 9.90 Å². The summed E-state index contributed by atoms with van der Waals surface area (Å²) in [4.78, 5) is 18.0. The Kier molecular flexibility index (Phi) is 10.8. The van der Waals surface area contributed by atoms with Crippen LogP contribution in [0.2, 0.25) is 0 Å². The third-order valence-electron chi connectivity index (χ3n) is 16.7. The predicted octanol–water partition coefficient (Wildman–Crippen LogP) is 8.88. The van der Waals surface area contributed by atoms with Crippen LogP contribution in [0.15, 0.2) is 24.3 Å². The second-order valence-electron chi connectivity index (χ2n) is 18.7. The van der Waals surface area contributed by atoms with E-state index in [1.54, 1.807) is 11.9 Å². The lowest BCUT2D eigenvalue weighted by atomic mass is 9.35. The van der Waals surface area contributed by atoms with Gasteiger partial charge in [-0.25, -0.2) is 9.67 Å². The third kappa shape index (κ3) is 5.94. The summed E-state index contributed by atoms with van der Waals surface area (Å²) >= 11 is 0. The number of hydrogen-bond acceptors (Lipinski definition) is 6. The fraction of sp³-hybridized carbons (Fsp3) is 0.881. The average Bonchev–Trinajstić information content (AvgIpc) is 3.64. The summed E-state index contributed by atoms with van der Waals surface area (Å²) in [5.41, 5.74) is 0.722. The van der Waals surface area contributed by atoms with Crippen molar-refractivity contribution in [2.24, 2.45) is 51.2 Å². The van der Waals surface area contributed by atoms with Crippen LogP contribution in [0, 0.1) is 51.2 Å². The summed E-state index contributed by atoms with van der Waals surface area (Å²) in [6.45, 7) is 20.1. The minimum Gasteiger partial charge on any atom is -0.481 e. The van der Waals surface area contributed by atoms with Crippen LogP contribution in [0.3, 0.4) is 0 Å². The minimum atomic E-state index is -0.602. The third-order valence-corrected chi connectivity index (χ3v) is 16.7. The predicted molar refractivity (Wildman–Crippen MR) is 199 cm³/mol. The number of aliphatic carboxylic acids is 1. The molecule has 0 unspecified atom stereocenters. The fourth-order valence-electron chi connectivity index (χ4n) is 13.0. The van der Waals surface area contributed by atoms with Gasteiger partial charge in [0.1, 0.15) is 12.7 Å². The van der Waals surface area contributed by atoms with E-state index >= 15 is 0 Å². The second kappa shape index (κ2) is 14.2. The molecule has 1 aromatic heterocycles. The Hall–Kier alpha value is -1.77. The summed E-state index contributed by atoms with van der Waals surface area (Å²) < 4.78 is 15.9. The molecule has 282 valence electrons. The maximum absolute atomic E-state index is 13.5. The van der Waals surface area contributed by atoms with Gasteiger partial charge in [-0.2, -0.15) is 5.10 Å². The monoisotopic (exact) mass is 695 g/mol. The van der Waals surface area contributed by atoms with Crippen molar-refractivity contribution in [1.82, 2.24) is 20.1 Å². The molecule has 0 spiro atoms. The van der Waals surface area contributed by atoms with Crippen LogP contribution in [-0.2, 0) is 14.3 Å². The molecule has 8 heteroatoms. The van der Waals surface area contributed by atoms with Crippen molar-refractivity contribution >= 4 is 5.97 Å². The molecule has 11 atom stereocenters. The Morgan fingerprint density at radius 1 is 1.08 bits per heavy atom. The zero-order chi connectivity index (χ0) is 36.1. The molecule has 2 heterocycles. The Bertz CT molecular complexity index is 1360. The normalized spacial score (nSPS) is 40.2. The number of hydrogen-bond donors (Lipinski definition) is 2. The minimum absolute atomic E-state index is 0.0114. The number of carbonyl (C=O) groups is 1. The van der Waals surface area contributed by atoms with Crippen molar-refractivity contribution in [2.45, 2.75) is 163 Å².